The highest BCUT2D eigenvalue weighted by atomic mass is 32.1. The maximum atomic E-state index is 11.9. The molecule has 100 valence electrons. The van der Waals surface area contributed by atoms with Crippen LogP contribution in [0.3, 0.4) is 0 Å². The molecule has 3 rings (SSSR count). The van der Waals surface area contributed by atoms with Gasteiger partial charge in [0.1, 0.15) is 0 Å². The van der Waals surface area contributed by atoms with Crippen molar-refractivity contribution in [3.05, 3.63) is 59.1 Å². The van der Waals surface area contributed by atoms with Crippen LogP contribution in [0.25, 0.3) is 11.3 Å². The Labute approximate surface area is 119 Å². The van der Waals surface area contributed by atoms with E-state index in [2.05, 4.69) is 15.3 Å². The summed E-state index contributed by atoms with van der Waals surface area (Å²) in [5, 5.41) is 6.52. The fourth-order valence-corrected chi connectivity index (χ4v) is 2.43. The molecule has 0 unspecified atom stereocenters. The molecule has 0 spiro atoms. The summed E-state index contributed by atoms with van der Waals surface area (Å²) in [5.41, 5.74) is 2.92. The van der Waals surface area contributed by atoms with Gasteiger partial charge < -0.3 is 9.73 Å². The lowest BCUT2D eigenvalue weighted by Gasteiger charge is -2.06. The Bertz CT molecular complexity index is 693. The molecule has 0 saturated carbocycles. The molecule has 1 amide bonds. The molecule has 6 heteroatoms. The van der Waals surface area contributed by atoms with Crippen LogP contribution in [0.2, 0.25) is 0 Å². The van der Waals surface area contributed by atoms with Crippen LogP contribution in [-0.2, 0) is 6.54 Å². The van der Waals surface area contributed by atoms with Crippen molar-refractivity contribution in [1.29, 1.82) is 0 Å². The molecule has 1 N–H and O–H groups in total. The van der Waals surface area contributed by atoms with Crippen molar-refractivity contribution < 1.29 is 9.21 Å². The molecule has 0 aromatic carbocycles. The first-order chi connectivity index (χ1) is 9.84. The highest BCUT2D eigenvalue weighted by molar-refractivity contribution is 7.08. The molecule has 3 aromatic rings. The van der Waals surface area contributed by atoms with Crippen molar-refractivity contribution in [1.82, 2.24) is 15.3 Å². The molecule has 0 atom stereocenters. The Morgan fingerprint density at radius 1 is 1.30 bits per heavy atom. The van der Waals surface area contributed by atoms with E-state index in [0.29, 0.717) is 23.5 Å². The average Bonchev–Trinajstić information content (AvgIpc) is 3.17. The zero-order valence-electron chi connectivity index (χ0n) is 10.4. The topological polar surface area (TPSA) is 68.0 Å². The summed E-state index contributed by atoms with van der Waals surface area (Å²) < 4.78 is 5.05. The van der Waals surface area contributed by atoms with Crippen LogP contribution >= 0.6 is 11.3 Å². The zero-order valence-corrected chi connectivity index (χ0v) is 11.3. The number of carbonyl (C=O) groups is 1. The molecule has 5 nitrogen and oxygen atoms in total. The quantitative estimate of drug-likeness (QED) is 0.800. The lowest BCUT2D eigenvalue weighted by Crippen LogP contribution is -2.23. The van der Waals surface area contributed by atoms with Crippen LogP contribution < -0.4 is 5.32 Å². The first-order valence-electron chi connectivity index (χ1n) is 5.97. The van der Waals surface area contributed by atoms with Gasteiger partial charge >= 0.3 is 0 Å². The molecule has 20 heavy (non-hydrogen) atoms. The third-order valence-electron chi connectivity index (χ3n) is 2.77. The molecule has 3 aromatic heterocycles. The van der Waals surface area contributed by atoms with Crippen LogP contribution in [0.15, 0.2) is 52.2 Å². The Hall–Kier alpha value is -2.47. The molecule has 0 radical (unpaired) electrons. The molecule has 0 fully saturated rings. The van der Waals surface area contributed by atoms with Gasteiger partial charge in [0.05, 0.1) is 30.5 Å². The van der Waals surface area contributed by atoms with Crippen LogP contribution in [0.5, 0.6) is 0 Å². The van der Waals surface area contributed by atoms with Crippen LogP contribution in [0, 0.1) is 0 Å². The minimum Gasteiger partial charge on any atom is -0.472 e. The third-order valence-corrected chi connectivity index (χ3v) is 3.45. The smallest absolute Gasteiger partial charge is 0.252 e. The summed E-state index contributed by atoms with van der Waals surface area (Å²) in [6.07, 6.45) is 6.41. The third kappa shape index (κ3) is 2.60. The second-order valence-corrected chi connectivity index (χ2v) is 4.84. The maximum Gasteiger partial charge on any atom is 0.252 e. The normalized spacial score (nSPS) is 10.4. The molecule has 3 heterocycles. The number of amides is 1. The molecule has 0 aliphatic rings. The van der Waals surface area contributed by atoms with E-state index >= 15 is 0 Å². The Kier molecular flexibility index (Phi) is 3.56. The monoisotopic (exact) mass is 285 g/mol. The fraction of sp³-hybridized carbons (Fsp3) is 0.0714. The number of hydrogen-bond acceptors (Lipinski definition) is 5. The van der Waals surface area contributed by atoms with Crippen molar-refractivity contribution in [3.8, 4) is 11.3 Å². The van der Waals surface area contributed by atoms with Gasteiger partial charge in [-0.2, -0.15) is 11.3 Å². The van der Waals surface area contributed by atoms with Crippen LogP contribution in [-0.4, -0.2) is 15.9 Å². The van der Waals surface area contributed by atoms with Gasteiger partial charge in [-0.25, -0.2) is 0 Å². The Morgan fingerprint density at radius 3 is 2.95 bits per heavy atom. The number of nitrogens with one attached hydrogen (secondary N) is 1. The van der Waals surface area contributed by atoms with Crippen molar-refractivity contribution in [3.63, 3.8) is 0 Å². The number of furan rings is 1. The van der Waals surface area contributed by atoms with E-state index in [-0.39, 0.29) is 5.91 Å². The maximum absolute atomic E-state index is 11.9. The molecule has 0 bridgehead atoms. The summed E-state index contributed by atoms with van der Waals surface area (Å²) in [7, 11) is 0. The largest absolute Gasteiger partial charge is 0.472 e. The van der Waals surface area contributed by atoms with E-state index in [4.69, 9.17) is 4.42 Å². The number of aromatic nitrogens is 2. The van der Waals surface area contributed by atoms with Crippen molar-refractivity contribution in [2.24, 2.45) is 0 Å². The molecule has 0 aliphatic carbocycles. The molecular weight excluding hydrogens is 274 g/mol. The number of nitrogens with zero attached hydrogens (tertiary/aromatic N) is 2. The summed E-state index contributed by atoms with van der Waals surface area (Å²) in [4.78, 5) is 20.5. The second kappa shape index (κ2) is 5.66. The van der Waals surface area contributed by atoms with Gasteiger partial charge in [-0.05, 0) is 17.5 Å². The van der Waals surface area contributed by atoms with E-state index in [1.165, 1.54) is 11.3 Å². The first kappa shape index (κ1) is 12.6. The summed E-state index contributed by atoms with van der Waals surface area (Å²) >= 11 is 1.49. The van der Waals surface area contributed by atoms with Gasteiger partial charge in [0, 0.05) is 28.9 Å². The summed E-state index contributed by atoms with van der Waals surface area (Å²) in [6.45, 7) is 0.322. The van der Waals surface area contributed by atoms with E-state index in [9.17, 15) is 4.79 Å². The average molecular weight is 285 g/mol. The van der Waals surface area contributed by atoms with Crippen LogP contribution in [0.1, 0.15) is 16.1 Å². The molecular formula is C14H11N3O2S. The lowest BCUT2D eigenvalue weighted by molar-refractivity contribution is 0.0951. The Morgan fingerprint density at radius 2 is 2.20 bits per heavy atom. The van der Waals surface area contributed by atoms with Crippen molar-refractivity contribution >= 4 is 17.2 Å². The highest BCUT2D eigenvalue weighted by Gasteiger charge is 2.11. The van der Waals surface area contributed by atoms with E-state index < -0.39 is 0 Å². The predicted molar refractivity (Wildman–Crippen MR) is 75.2 cm³/mol. The van der Waals surface area contributed by atoms with E-state index in [1.54, 1.807) is 31.0 Å². The number of hydrogen-bond donors (Lipinski definition) is 1. The Balaban J connectivity index is 1.77. The van der Waals surface area contributed by atoms with Crippen molar-refractivity contribution in [2.75, 3.05) is 0 Å². The number of rotatable bonds is 4. The highest BCUT2D eigenvalue weighted by Crippen LogP contribution is 2.19. The number of carbonyl (C=O) groups excluding carboxylic acids is 1. The number of thiophene rings is 1. The predicted octanol–water partition coefficient (Wildman–Crippen LogP) is 2.73. The SMILES string of the molecule is O=C(NCc1nccnc1-c1ccoc1)c1ccsc1. The van der Waals surface area contributed by atoms with E-state index in [0.717, 1.165) is 5.56 Å². The van der Waals surface area contributed by atoms with Gasteiger partial charge in [-0.15, -0.1) is 0 Å². The van der Waals surface area contributed by atoms with Gasteiger partial charge in [0.2, 0.25) is 0 Å². The van der Waals surface area contributed by atoms with Gasteiger partial charge in [0.25, 0.3) is 5.91 Å². The fourth-order valence-electron chi connectivity index (χ4n) is 1.80. The lowest BCUT2D eigenvalue weighted by atomic mass is 10.2. The standard InChI is InChI=1S/C14H11N3O2S/c18-14(11-2-6-20-9-11)17-7-12-13(16-4-3-15-12)10-1-5-19-8-10/h1-6,8-9H,7H2,(H,17,18). The van der Waals surface area contributed by atoms with Crippen LogP contribution in [0.4, 0.5) is 0 Å². The van der Waals surface area contributed by atoms with Crippen molar-refractivity contribution in [2.45, 2.75) is 6.54 Å². The minimum absolute atomic E-state index is 0.116. The second-order valence-electron chi connectivity index (χ2n) is 4.06. The minimum atomic E-state index is -0.116. The van der Waals surface area contributed by atoms with Gasteiger partial charge in [-0.1, -0.05) is 0 Å². The zero-order chi connectivity index (χ0) is 13.8. The summed E-state index contributed by atoms with van der Waals surface area (Å²) in [6, 6.07) is 3.60. The van der Waals surface area contributed by atoms with Gasteiger partial charge in [0.15, 0.2) is 0 Å². The molecule has 0 saturated heterocycles. The van der Waals surface area contributed by atoms with Gasteiger partial charge in [-0.3, -0.25) is 14.8 Å². The summed E-state index contributed by atoms with van der Waals surface area (Å²) in [5.74, 6) is -0.116. The molecule has 0 aliphatic heterocycles. The van der Waals surface area contributed by atoms with E-state index in [1.807, 2.05) is 16.8 Å². The first-order valence-corrected chi connectivity index (χ1v) is 6.92.